The Balaban J connectivity index is 1.83. The number of carbonyl (C=O) groups is 1. The largest absolute Gasteiger partial charge is 0.495 e. The van der Waals surface area contributed by atoms with Crippen LogP contribution in [0.15, 0.2) is 24.3 Å². The SMILES string of the molecule is COc1ccc(Cl)cc1NC(=O)COc1cc(C(F)(F)F)c2c(C)nn(C)c2n1. The number of alkyl halides is 3. The molecule has 0 fully saturated rings. The maximum absolute atomic E-state index is 13.5. The van der Waals surface area contributed by atoms with Crippen molar-refractivity contribution in [2.75, 3.05) is 19.0 Å². The fraction of sp³-hybridized carbons (Fsp3) is 0.278. The van der Waals surface area contributed by atoms with Gasteiger partial charge in [-0.3, -0.25) is 9.48 Å². The second-order valence-corrected chi connectivity index (χ2v) is 6.53. The van der Waals surface area contributed by atoms with Gasteiger partial charge in [0, 0.05) is 18.1 Å². The first-order valence-electron chi connectivity index (χ1n) is 8.28. The van der Waals surface area contributed by atoms with Crippen LogP contribution in [-0.4, -0.2) is 34.4 Å². The van der Waals surface area contributed by atoms with Gasteiger partial charge in [0.05, 0.1) is 29.4 Å². The molecule has 2 aromatic heterocycles. The molecule has 0 saturated carbocycles. The molecule has 0 radical (unpaired) electrons. The Labute approximate surface area is 168 Å². The van der Waals surface area contributed by atoms with Gasteiger partial charge in [0.2, 0.25) is 5.88 Å². The molecule has 7 nitrogen and oxygen atoms in total. The number of halogens is 4. The number of fused-ring (bicyclic) bond motifs is 1. The molecule has 0 saturated heterocycles. The smallest absolute Gasteiger partial charge is 0.417 e. The van der Waals surface area contributed by atoms with Crippen LogP contribution in [0.3, 0.4) is 0 Å². The molecule has 11 heteroatoms. The predicted octanol–water partition coefficient (Wildman–Crippen LogP) is 3.98. The Morgan fingerprint density at radius 1 is 1.31 bits per heavy atom. The zero-order valence-corrected chi connectivity index (χ0v) is 16.4. The molecule has 0 atom stereocenters. The summed E-state index contributed by atoms with van der Waals surface area (Å²) in [5, 5.41) is 6.77. The molecule has 154 valence electrons. The summed E-state index contributed by atoms with van der Waals surface area (Å²) < 4.78 is 52.0. The van der Waals surface area contributed by atoms with Gasteiger partial charge in [-0.15, -0.1) is 0 Å². The first kappa shape index (κ1) is 20.7. The lowest BCUT2D eigenvalue weighted by Gasteiger charge is -2.13. The molecule has 0 spiro atoms. The number of amides is 1. The lowest BCUT2D eigenvalue weighted by Crippen LogP contribution is -2.21. The van der Waals surface area contributed by atoms with E-state index in [-0.39, 0.29) is 22.6 Å². The minimum absolute atomic E-state index is 0.00393. The maximum Gasteiger partial charge on any atom is 0.417 e. The number of hydrogen-bond acceptors (Lipinski definition) is 5. The summed E-state index contributed by atoms with van der Waals surface area (Å²) in [6.45, 7) is 0.897. The lowest BCUT2D eigenvalue weighted by molar-refractivity contribution is -0.136. The topological polar surface area (TPSA) is 78.3 Å². The molecule has 1 aromatic carbocycles. The number of pyridine rings is 1. The third-order valence-electron chi connectivity index (χ3n) is 4.04. The molecule has 3 aromatic rings. The van der Waals surface area contributed by atoms with Crippen LogP contribution in [0.2, 0.25) is 5.02 Å². The molecule has 29 heavy (non-hydrogen) atoms. The van der Waals surface area contributed by atoms with Gasteiger partial charge in [0.25, 0.3) is 5.91 Å². The number of benzene rings is 1. The van der Waals surface area contributed by atoms with Gasteiger partial charge in [-0.1, -0.05) is 11.6 Å². The molecular formula is C18H16ClF3N4O3. The van der Waals surface area contributed by atoms with Gasteiger partial charge < -0.3 is 14.8 Å². The van der Waals surface area contributed by atoms with E-state index in [0.717, 1.165) is 6.07 Å². The summed E-state index contributed by atoms with van der Waals surface area (Å²) in [6, 6.07) is 5.38. The third kappa shape index (κ3) is 4.37. The number of aromatic nitrogens is 3. The number of ether oxygens (including phenoxy) is 2. The standard InChI is InChI=1S/C18H16ClF3N4O3/c1-9-16-11(18(20,21)22)7-15(24-17(16)26(2)25-9)29-8-14(27)23-12-6-10(19)4-5-13(12)28-3/h4-7H,8H2,1-3H3,(H,23,27). The third-order valence-corrected chi connectivity index (χ3v) is 4.27. The van der Waals surface area contributed by atoms with Crippen LogP contribution in [0.5, 0.6) is 11.6 Å². The summed E-state index contributed by atoms with van der Waals surface area (Å²) in [6.07, 6.45) is -4.64. The van der Waals surface area contributed by atoms with Crippen molar-refractivity contribution in [3.63, 3.8) is 0 Å². The van der Waals surface area contributed by atoms with Crippen LogP contribution in [0.1, 0.15) is 11.3 Å². The molecule has 1 amide bonds. The number of nitrogens with zero attached hydrogens (tertiary/aromatic N) is 3. The molecule has 1 N–H and O–H groups in total. The van der Waals surface area contributed by atoms with Crippen molar-refractivity contribution in [2.24, 2.45) is 7.05 Å². The summed E-state index contributed by atoms with van der Waals surface area (Å²) in [4.78, 5) is 16.2. The van der Waals surface area contributed by atoms with Crippen molar-refractivity contribution >= 4 is 34.2 Å². The predicted molar refractivity (Wildman–Crippen MR) is 100 cm³/mol. The van der Waals surface area contributed by atoms with Crippen LogP contribution in [0.4, 0.5) is 18.9 Å². The lowest BCUT2D eigenvalue weighted by atomic mass is 10.1. The van der Waals surface area contributed by atoms with E-state index in [0.29, 0.717) is 16.5 Å². The molecule has 0 unspecified atom stereocenters. The number of anilines is 1. The Kier molecular flexibility index (Phi) is 5.56. The van der Waals surface area contributed by atoms with E-state index in [1.54, 1.807) is 12.1 Å². The average Bonchev–Trinajstić information content (AvgIpc) is 2.93. The number of nitrogens with one attached hydrogen (secondary N) is 1. The highest BCUT2D eigenvalue weighted by atomic mass is 35.5. The molecule has 0 bridgehead atoms. The van der Waals surface area contributed by atoms with Crippen LogP contribution in [0, 0.1) is 6.92 Å². The monoisotopic (exact) mass is 428 g/mol. The first-order chi connectivity index (χ1) is 13.6. The Hall–Kier alpha value is -3.01. The zero-order valence-electron chi connectivity index (χ0n) is 15.6. The van der Waals surface area contributed by atoms with E-state index in [4.69, 9.17) is 21.1 Å². The Morgan fingerprint density at radius 3 is 2.69 bits per heavy atom. The van der Waals surface area contributed by atoms with Crippen molar-refractivity contribution in [3.05, 3.63) is 40.5 Å². The van der Waals surface area contributed by atoms with Crippen molar-refractivity contribution in [3.8, 4) is 11.6 Å². The first-order valence-corrected chi connectivity index (χ1v) is 8.65. The van der Waals surface area contributed by atoms with E-state index in [2.05, 4.69) is 15.4 Å². The van der Waals surface area contributed by atoms with E-state index in [9.17, 15) is 18.0 Å². The molecular weight excluding hydrogens is 413 g/mol. The Morgan fingerprint density at radius 2 is 2.03 bits per heavy atom. The maximum atomic E-state index is 13.5. The van der Waals surface area contributed by atoms with E-state index >= 15 is 0 Å². The zero-order chi connectivity index (χ0) is 21.3. The molecule has 0 aliphatic heterocycles. The van der Waals surface area contributed by atoms with Crippen LogP contribution < -0.4 is 14.8 Å². The highest BCUT2D eigenvalue weighted by Gasteiger charge is 2.35. The number of aryl methyl sites for hydroxylation is 2. The van der Waals surface area contributed by atoms with Gasteiger partial charge in [0.15, 0.2) is 12.3 Å². The second-order valence-electron chi connectivity index (χ2n) is 6.09. The highest BCUT2D eigenvalue weighted by Crippen LogP contribution is 2.37. The summed E-state index contributed by atoms with van der Waals surface area (Å²) in [5.74, 6) is -0.602. The Bertz CT molecular complexity index is 1080. The number of hydrogen-bond donors (Lipinski definition) is 1. The van der Waals surface area contributed by atoms with Crippen molar-refractivity contribution in [1.82, 2.24) is 14.8 Å². The summed E-state index contributed by atoms with van der Waals surface area (Å²) in [7, 11) is 2.90. The van der Waals surface area contributed by atoms with Crippen molar-refractivity contribution in [1.29, 1.82) is 0 Å². The van der Waals surface area contributed by atoms with E-state index in [1.165, 1.54) is 31.8 Å². The highest BCUT2D eigenvalue weighted by molar-refractivity contribution is 6.31. The van der Waals surface area contributed by atoms with Crippen molar-refractivity contribution < 1.29 is 27.4 Å². The van der Waals surface area contributed by atoms with E-state index in [1.807, 2.05) is 0 Å². The fourth-order valence-electron chi connectivity index (χ4n) is 2.82. The molecule has 0 aliphatic rings. The van der Waals surface area contributed by atoms with E-state index < -0.39 is 24.3 Å². The van der Waals surface area contributed by atoms with Crippen LogP contribution >= 0.6 is 11.6 Å². The molecule has 2 heterocycles. The molecule has 3 rings (SSSR count). The summed E-state index contributed by atoms with van der Waals surface area (Å²) >= 11 is 5.90. The van der Waals surface area contributed by atoms with Gasteiger partial charge in [-0.2, -0.15) is 23.3 Å². The van der Waals surface area contributed by atoms with Crippen LogP contribution in [-0.2, 0) is 18.0 Å². The van der Waals surface area contributed by atoms with Gasteiger partial charge >= 0.3 is 6.18 Å². The number of carbonyl (C=O) groups excluding carboxylic acids is 1. The minimum atomic E-state index is -4.64. The quantitative estimate of drug-likeness (QED) is 0.665. The molecule has 0 aliphatic carbocycles. The number of methoxy groups -OCH3 is 1. The summed E-state index contributed by atoms with van der Waals surface area (Å²) in [5.41, 5.74) is -0.431. The van der Waals surface area contributed by atoms with Crippen molar-refractivity contribution in [2.45, 2.75) is 13.1 Å². The van der Waals surface area contributed by atoms with Gasteiger partial charge in [-0.05, 0) is 25.1 Å². The minimum Gasteiger partial charge on any atom is -0.495 e. The normalized spacial score (nSPS) is 11.6. The van der Waals surface area contributed by atoms with Gasteiger partial charge in [-0.25, -0.2) is 0 Å². The van der Waals surface area contributed by atoms with Gasteiger partial charge in [0.1, 0.15) is 5.75 Å². The second kappa shape index (κ2) is 7.78. The average molecular weight is 429 g/mol. The number of rotatable bonds is 5. The fourth-order valence-corrected chi connectivity index (χ4v) is 3.00. The van der Waals surface area contributed by atoms with Crippen LogP contribution in [0.25, 0.3) is 11.0 Å².